The van der Waals surface area contributed by atoms with Crippen LogP contribution in [0.3, 0.4) is 0 Å². The summed E-state index contributed by atoms with van der Waals surface area (Å²) in [6.45, 7) is 8.74. The Morgan fingerprint density at radius 2 is 1.85 bits per heavy atom. The van der Waals surface area contributed by atoms with Crippen molar-refractivity contribution >= 4 is 27.9 Å². The zero-order valence-electron chi connectivity index (χ0n) is 15.7. The van der Waals surface area contributed by atoms with Gasteiger partial charge in [-0.25, -0.2) is 0 Å². The molecular weight excluding hydrogens is 404 g/mol. The molecule has 1 fully saturated rings. The fraction of sp³-hybridized carbons (Fsp3) is 0.579. The number of benzene rings is 1. The van der Waals surface area contributed by atoms with Gasteiger partial charge in [0, 0.05) is 24.2 Å². The van der Waals surface area contributed by atoms with Crippen molar-refractivity contribution in [2.75, 3.05) is 6.61 Å². The molecule has 1 aromatic carbocycles. The highest BCUT2D eigenvalue weighted by molar-refractivity contribution is 9.10. The van der Waals surface area contributed by atoms with Crippen LogP contribution in [0.4, 0.5) is 0 Å². The molecule has 26 heavy (non-hydrogen) atoms. The van der Waals surface area contributed by atoms with E-state index < -0.39 is 18.4 Å². The molecule has 0 saturated carbocycles. The molecule has 0 spiro atoms. The lowest BCUT2D eigenvalue weighted by Gasteiger charge is -2.43. The normalized spacial score (nSPS) is 28.3. The van der Waals surface area contributed by atoms with Crippen LogP contribution in [-0.2, 0) is 23.8 Å². The number of esters is 2. The van der Waals surface area contributed by atoms with Crippen molar-refractivity contribution in [2.45, 2.75) is 53.1 Å². The molecule has 144 valence electrons. The van der Waals surface area contributed by atoms with E-state index in [1.54, 1.807) is 0 Å². The van der Waals surface area contributed by atoms with Crippen molar-refractivity contribution in [3.05, 3.63) is 28.2 Å². The van der Waals surface area contributed by atoms with Gasteiger partial charge < -0.3 is 18.9 Å². The van der Waals surface area contributed by atoms with Crippen LogP contribution < -0.4 is 4.74 Å². The highest BCUT2D eigenvalue weighted by Gasteiger charge is 2.45. The third-order valence-electron chi connectivity index (χ3n) is 4.64. The summed E-state index contributed by atoms with van der Waals surface area (Å²) in [5, 5.41) is 0. The second-order valence-corrected chi connectivity index (χ2v) is 7.58. The maximum Gasteiger partial charge on any atom is 0.303 e. The minimum Gasteiger partial charge on any atom is -0.463 e. The molecule has 5 unspecified atom stereocenters. The highest BCUT2D eigenvalue weighted by Crippen LogP contribution is 2.35. The average molecular weight is 429 g/mol. The summed E-state index contributed by atoms with van der Waals surface area (Å²) in [4.78, 5) is 22.7. The van der Waals surface area contributed by atoms with Crippen molar-refractivity contribution in [1.82, 2.24) is 0 Å². The van der Waals surface area contributed by atoms with Crippen molar-refractivity contribution in [3.63, 3.8) is 0 Å². The standard InChI is InChI=1S/C19H25BrO6/c1-10-8-15(20)6-7-16(10)25-19-18(24-14(5)22)12(3)11(2)17(26-19)9-23-13(4)21/h6-8,11-12,17-19H,9H2,1-5H3. The molecule has 0 radical (unpaired) electrons. The number of hydrogen-bond donors (Lipinski definition) is 0. The Morgan fingerprint density at radius 3 is 2.42 bits per heavy atom. The van der Waals surface area contributed by atoms with Gasteiger partial charge in [0.1, 0.15) is 12.4 Å². The first-order valence-corrected chi connectivity index (χ1v) is 9.37. The highest BCUT2D eigenvalue weighted by atomic mass is 79.9. The fourth-order valence-corrected chi connectivity index (χ4v) is 3.44. The van der Waals surface area contributed by atoms with Gasteiger partial charge in [-0.1, -0.05) is 29.8 Å². The number of rotatable bonds is 5. The Balaban J connectivity index is 2.23. The van der Waals surface area contributed by atoms with Crippen LogP contribution in [0.15, 0.2) is 22.7 Å². The molecular formula is C19H25BrO6. The van der Waals surface area contributed by atoms with Gasteiger partial charge in [0.15, 0.2) is 6.10 Å². The van der Waals surface area contributed by atoms with E-state index >= 15 is 0 Å². The number of carbonyl (C=O) groups is 2. The predicted octanol–water partition coefficient (Wildman–Crippen LogP) is 3.63. The van der Waals surface area contributed by atoms with Crippen LogP contribution in [0.1, 0.15) is 33.3 Å². The first kappa shape index (κ1) is 20.7. The van der Waals surface area contributed by atoms with Crippen molar-refractivity contribution in [2.24, 2.45) is 11.8 Å². The quantitative estimate of drug-likeness (QED) is 0.666. The molecule has 6 nitrogen and oxygen atoms in total. The third-order valence-corrected chi connectivity index (χ3v) is 5.14. The zero-order chi connectivity index (χ0) is 19.4. The molecule has 0 aliphatic carbocycles. The molecule has 7 heteroatoms. The molecule has 2 rings (SSSR count). The van der Waals surface area contributed by atoms with E-state index in [1.807, 2.05) is 39.0 Å². The summed E-state index contributed by atoms with van der Waals surface area (Å²) in [5.41, 5.74) is 0.923. The van der Waals surface area contributed by atoms with E-state index in [0.717, 1.165) is 10.0 Å². The van der Waals surface area contributed by atoms with E-state index in [9.17, 15) is 9.59 Å². The summed E-state index contributed by atoms with van der Waals surface area (Å²) in [6, 6.07) is 5.63. The minimum absolute atomic E-state index is 0.0181. The molecule has 0 aromatic heterocycles. The van der Waals surface area contributed by atoms with E-state index in [-0.39, 0.29) is 30.5 Å². The molecule has 0 bridgehead atoms. The Bertz CT molecular complexity index is 659. The number of ether oxygens (including phenoxy) is 4. The topological polar surface area (TPSA) is 71.1 Å². The van der Waals surface area contributed by atoms with Gasteiger partial charge in [-0.2, -0.15) is 0 Å². The van der Waals surface area contributed by atoms with Crippen LogP contribution in [-0.4, -0.2) is 37.0 Å². The molecule has 1 aliphatic heterocycles. The van der Waals surface area contributed by atoms with Gasteiger partial charge in [-0.15, -0.1) is 0 Å². The maximum atomic E-state index is 11.6. The van der Waals surface area contributed by atoms with Gasteiger partial charge in [0.25, 0.3) is 0 Å². The number of halogens is 1. The molecule has 1 aliphatic rings. The first-order valence-electron chi connectivity index (χ1n) is 8.58. The van der Waals surface area contributed by atoms with Crippen LogP contribution in [0.5, 0.6) is 5.75 Å². The van der Waals surface area contributed by atoms with Crippen molar-refractivity contribution < 1.29 is 28.5 Å². The molecule has 0 N–H and O–H groups in total. The fourth-order valence-electron chi connectivity index (χ4n) is 2.97. The monoisotopic (exact) mass is 428 g/mol. The van der Waals surface area contributed by atoms with Crippen LogP contribution in [0.2, 0.25) is 0 Å². The van der Waals surface area contributed by atoms with Gasteiger partial charge in [0.2, 0.25) is 6.29 Å². The number of hydrogen-bond acceptors (Lipinski definition) is 6. The summed E-state index contributed by atoms with van der Waals surface area (Å²) in [6.07, 6.45) is -1.69. The smallest absolute Gasteiger partial charge is 0.303 e. The molecule has 1 saturated heterocycles. The first-order chi connectivity index (χ1) is 12.2. The van der Waals surface area contributed by atoms with E-state index in [4.69, 9.17) is 18.9 Å². The second-order valence-electron chi connectivity index (χ2n) is 6.67. The summed E-state index contributed by atoms with van der Waals surface area (Å²) in [5.74, 6) is -0.129. The van der Waals surface area contributed by atoms with E-state index in [2.05, 4.69) is 15.9 Å². The van der Waals surface area contributed by atoms with E-state index in [0.29, 0.717) is 5.75 Å². The number of aryl methyl sites for hydroxylation is 1. The van der Waals surface area contributed by atoms with E-state index in [1.165, 1.54) is 13.8 Å². The lowest BCUT2D eigenvalue weighted by molar-refractivity contribution is -0.253. The summed E-state index contributed by atoms with van der Waals surface area (Å²) < 4.78 is 23.6. The van der Waals surface area contributed by atoms with Gasteiger partial charge in [-0.05, 0) is 36.6 Å². The Labute approximate surface area is 162 Å². The second kappa shape index (κ2) is 8.86. The molecule has 1 aromatic rings. The van der Waals surface area contributed by atoms with Crippen LogP contribution in [0.25, 0.3) is 0 Å². The Morgan fingerprint density at radius 1 is 1.15 bits per heavy atom. The Kier molecular flexibility index (Phi) is 7.06. The van der Waals surface area contributed by atoms with Crippen molar-refractivity contribution in [3.8, 4) is 5.75 Å². The zero-order valence-corrected chi connectivity index (χ0v) is 17.2. The SMILES string of the molecule is CC(=O)OCC1OC(Oc2ccc(Br)cc2C)C(OC(C)=O)C(C)C1C. The number of carbonyl (C=O) groups excluding carboxylic acids is 2. The lowest BCUT2D eigenvalue weighted by atomic mass is 9.83. The average Bonchev–Trinajstić information content (AvgIpc) is 2.55. The minimum atomic E-state index is -0.787. The Hall–Kier alpha value is -1.60. The van der Waals surface area contributed by atoms with Crippen molar-refractivity contribution in [1.29, 1.82) is 0 Å². The lowest BCUT2D eigenvalue weighted by Crippen LogP contribution is -2.54. The summed E-state index contributed by atoms with van der Waals surface area (Å²) >= 11 is 3.42. The van der Waals surface area contributed by atoms with Crippen LogP contribution >= 0.6 is 15.9 Å². The maximum absolute atomic E-state index is 11.6. The third kappa shape index (κ3) is 5.20. The van der Waals surface area contributed by atoms with Crippen LogP contribution in [0, 0.1) is 18.8 Å². The summed E-state index contributed by atoms with van der Waals surface area (Å²) in [7, 11) is 0. The molecule has 0 amide bonds. The predicted molar refractivity (Wildman–Crippen MR) is 98.7 cm³/mol. The molecule has 5 atom stereocenters. The van der Waals surface area contributed by atoms with Gasteiger partial charge in [-0.3, -0.25) is 9.59 Å². The largest absolute Gasteiger partial charge is 0.463 e. The molecule has 1 heterocycles. The van der Waals surface area contributed by atoms with Gasteiger partial charge in [0.05, 0.1) is 6.10 Å². The van der Waals surface area contributed by atoms with Gasteiger partial charge >= 0.3 is 11.9 Å².